The minimum atomic E-state index is -5.00. The first-order valence-electron chi connectivity index (χ1n) is 1.79. The molecule has 0 aliphatic heterocycles. The van der Waals surface area contributed by atoms with Crippen molar-refractivity contribution in [3.05, 3.63) is 0 Å². The molecule has 8 nitrogen and oxygen atoms in total. The van der Waals surface area contributed by atoms with Crippen molar-refractivity contribution < 1.29 is 92.0 Å². The Morgan fingerprint density at radius 2 is 0.571 bits per heavy atom. The molecule has 0 spiro atoms. The van der Waals surface area contributed by atoms with E-state index in [0.717, 1.165) is 0 Å². The predicted octanol–water partition coefficient (Wildman–Crippen LogP) is -7.48. The van der Waals surface area contributed by atoms with E-state index in [0.29, 0.717) is 0 Å². The molecule has 0 heterocycles. The Morgan fingerprint density at radius 3 is 0.571 bits per heavy atom. The third-order valence-corrected chi connectivity index (χ3v) is 0. The van der Waals surface area contributed by atoms with E-state index < -0.39 is 36.3 Å². The monoisotopic (exact) mass is 500 g/mol. The van der Waals surface area contributed by atoms with Gasteiger partial charge in [0.15, 0.2) is 17.4 Å². The molecule has 8 N–H and O–H groups in total. The quantitative estimate of drug-likeness (QED) is 0.152. The predicted molar refractivity (Wildman–Crippen MR) is 44.8 cm³/mol. The standard InChI is InChI=1S/Al.Mg.8H2O.Sn.2Ti.Zr.7H/h;;8*1H2;;;;;;;;;;;/q;;;;;;;;;;;2*+4;;;;;;;;/p-8. The molecule has 0 rings (SSSR count). The van der Waals surface area contributed by atoms with Gasteiger partial charge in [-0.1, -0.05) is 0 Å². The second kappa shape index (κ2) is 17.1. The van der Waals surface area contributed by atoms with E-state index >= 15 is 0 Å². The maximum Gasteiger partial charge on any atom is 0 e. The van der Waals surface area contributed by atoms with Gasteiger partial charge >= 0.3 is 113 Å². The SMILES string of the molecule is [AlH3].[MgH2].[OH][Ti]([OH])([OH])[OH].[OH][Ti]([OH])([OH])[OH].[SnH2].[Zr]. The summed E-state index contributed by atoms with van der Waals surface area (Å²) in [4.78, 5) is 0. The van der Waals surface area contributed by atoms with Crippen LogP contribution in [0, 0.1) is 0 Å². The summed E-state index contributed by atoms with van der Waals surface area (Å²) in [5.74, 6) is 0. The fraction of sp³-hybridized carbons (Fsp3) is 0. The molecule has 0 saturated carbocycles. The Labute approximate surface area is 153 Å². The van der Waals surface area contributed by atoms with Gasteiger partial charge in [0.2, 0.25) is 0 Å². The van der Waals surface area contributed by atoms with Gasteiger partial charge in [0.1, 0.15) is 0 Å². The minimum absolute atomic E-state index is 0. The molecule has 0 amide bonds. The fourth-order valence-electron chi connectivity index (χ4n) is 0. The van der Waals surface area contributed by atoms with E-state index in [1.165, 1.54) is 0 Å². The average molecular weight is 500 g/mol. The number of rotatable bonds is 0. The molecule has 0 bridgehead atoms. The van der Waals surface area contributed by atoms with Crippen molar-refractivity contribution in [1.29, 1.82) is 0 Å². The second-order valence-electron chi connectivity index (χ2n) is 1.20. The summed E-state index contributed by atoms with van der Waals surface area (Å²) < 4.78 is 59.0. The smallest absolute Gasteiger partial charge is 0 e. The molecule has 2 radical (unpaired) electrons. The van der Waals surface area contributed by atoms with Crippen LogP contribution >= 0.6 is 0 Å². The van der Waals surface area contributed by atoms with Crippen molar-refractivity contribution in [3.63, 3.8) is 0 Å². The number of hydrogen-bond donors (Lipinski definition) is 8. The summed E-state index contributed by atoms with van der Waals surface area (Å²) in [6.45, 7) is 0. The maximum absolute atomic E-state index is 7.38. The van der Waals surface area contributed by atoms with Crippen molar-refractivity contribution >= 4 is 64.3 Å². The molecule has 14 heteroatoms. The summed E-state index contributed by atoms with van der Waals surface area (Å²) >= 11 is -10.0. The maximum atomic E-state index is 7.38. The molecule has 0 saturated heterocycles. The van der Waals surface area contributed by atoms with Crippen LogP contribution in [0.3, 0.4) is 0 Å². The summed E-state index contributed by atoms with van der Waals surface area (Å²) in [6.07, 6.45) is 0. The Morgan fingerprint density at radius 1 is 0.571 bits per heavy atom. The largest absolute Gasteiger partial charge is 0 e. The Balaban J connectivity index is -0.0000000178. The fourth-order valence-corrected chi connectivity index (χ4v) is 0. The van der Waals surface area contributed by atoms with Gasteiger partial charge in [0.25, 0.3) is 0 Å². The van der Waals surface area contributed by atoms with Gasteiger partial charge in [0, 0.05) is 26.2 Å². The van der Waals surface area contributed by atoms with Crippen molar-refractivity contribution in [2.75, 3.05) is 0 Å². The normalized spacial score (nSPS) is 8.57. The van der Waals surface area contributed by atoms with Gasteiger partial charge in [-0.15, -0.1) is 0 Å². The van der Waals surface area contributed by atoms with Gasteiger partial charge in [-0.05, 0) is 0 Å². The molecule has 0 aliphatic carbocycles. The molecule has 0 aromatic heterocycles. The summed E-state index contributed by atoms with van der Waals surface area (Å²) in [5, 5.41) is 0. The minimum Gasteiger partial charge on any atom is 0 e. The molecule has 14 heavy (non-hydrogen) atoms. The van der Waals surface area contributed by atoms with E-state index in [1.807, 2.05) is 0 Å². The van der Waals surface area contributed by atoms with Crippen LogP contribution in [0.4, 0.5) is 0 Å². The summed E-state index contributed by atoms with van der Waals surface area (Å²) in [6, 6.07) is 0. The van der Waals surface area contributed by atoms with Crippen molar-refractivity contribution in [3.8, 4) is 0 Å². The van der Waals surface area contributed by atoms with E-state index in [-0.39, 0.29) is 90.5 Å². The van der Waals surface area contributed by atoms with Crippen LogP contribution in [0.1, 0.15) is 0 Å². The zero-order valence-electron chi connectivity index (χ0n) is 5.78. The van der Waals surface area contributed by atoms with Gasteiger partial charge in [-0.25, -0.2) is 0 Å². The third kappa shape index (κ3) is 219. The van der Waals surface area contributed by atoms with Crippen LogP contribution in [-0.4, -0.2) is 93.8 Å². The van der Waals surface area contributed by atoms with Crippen molar-refractivity contribution in [2.24, 2.45) is 0 Å². The molecule has 84 valence electrons. The average Bonchev–Trinajstić information content (AvgIpc) is 1.12. The van der Waals surface area contributed by atoms with Gasteiger partial charge in [0.05, 0.1) is 0 Å². The topological polar surface area (TPSA) is 162 Å². The van der Waals surface area contributed by atoms with E-state index in [4.69, 9.17) is 29.5 Å². The van der Waals surface area contributed by atoms with Crippen LogP contribution in [-0.2, 0) is 62.5 Å². The molecular weight excluding hydrogens is 485 g/mol. The summed E-state index contributed by atoms with van der Waals surface area (Å²) in [5.41, 5.74) is 0. The van der Waals surface area contributed by atoms with E-state index in [2.05, 4.69) is 0 Å². The Bertz CT molecular complexity index is 70.3. The molecular formula is H15AlMgO8SnTi2Zr. The molecule has 0 fully saturated rings. The molecule has 0 atom stereocenters. The molecule has 0 aromatic rings. The first kappa shape index (κ1) is 36.1. The molecule has 0 aliphatic rings. The van der Waals surface area contributed by atoms with E-state index in [9.17, 15) is 0 Å². The van der Waals surface area contributed by atoms with Gasteiger partial charge in [-0.3, -0.25) is 0 Å². The molecule has 0 unspecified atom stereocenters. The van der Waals surface area contributed by atoms with Crippen LogP contribution < -0.4 is 0 Å². The first-order valence-corrected chi connectivity index (χ1v) is 7.38. The first-order chi connectivity index (χ1) is 4.00. The zero-order chi connectivity index (χ0) is 9.00. The zero-order valence-corrected chi connectivity index (χ0v) is 15.4. The van der Waals surface area contributed by atoms with E-state index in [1.54, 1.807) is 0 Å². The van der Waals surface area contributed by atoms with Crippen LogP contribution in [0.25, 0.3) is 0 Å². The van der Waals surface area contributed by atoms with Crippen LogP contribution in [0.2, 0.25) is 0 Å². The number of hydrogen-bond acceptors (Lipinski definition) is 8. The second-order valence-corrected chi connectivity index (χ2v) is 4.95. The summed E-state index contributed by atoms with van der Waals surface area (Å²) in [7, 11) is 0. The van der Waals surface area contributed by atoms with Crippen molar-refractivity contribution in [1.82, 2.24) is 0 Å². The Kier molecular flexibility index (Phi) is 44.1. The van der Waals surface area contributed by atoms with Crippen molar-refractivity contribution in [2.45, 2.75) is 0 Å². The van der Waals surface area contributed by atoms with Gasteiger partial charge in [-0.2, -0.15) is 0 Å². The third-order valence-electron chi connectivity index (χ3n) is 0. The van der Waals surface area contributed by atoms with Crippen LogP contribution in [0.15, 0.2) is 0 Å². The Hall–Kier alpha value is 4.09. The van der Waals surface area contributed by atoms with Crippen LogP contribution in [0.5, 0.6) is 0 Å². The van der Waals surface area contributed by atoms with Gasteiger partial charge < -0.3 is 0 Å². The molecule has 0 aromatic carbocycles.